The normalized spacial score (nSPS) is 13.0. The van der Waals surface area contributed by atoms with Crippen molar-refractivity contribution >= 4 is 29.4 Å². The average molecular weight is 464 g/mol. The second kappa shape index (κ2) is 14.9. The lowest BCUT2D eigenvalue weighted by Crippen LogP contribution is -2.30. The summed E-state index contributed by atoms with van der Waals surface area (Å²) in [6.07, 6.45) is 2.35. The first-order valence-electron chi connectivity index (χ1n) is 10.5. The van der Waals surface area contributed by atoms with Crippen LogP contribution >= 0.6 is 0 Å². The number of carbonyl (C=O) groups excluding carboxylic acids is 3. The molecule has 2 N–H and O–H groups in total. The molecule has 0 aromatic heterocycles. The van der Waals surface area contributed by atoms with Crippen LogP contribution in [0.4, 0.5) is 5.69 Å². The highest BCUT2D eigenvalue weighted by molar-refractivity contribution is 6.28. The summed E-state index contributed by atoms with van der Waals surface area (Å²) < 4.78 is 21.1. The summed E-state index contributed by atoms with van der Waals surface area (Å²) >= 11 is 0. The van der Waals surface area contributed by atoms with Gasteiger partial charge in [-0.1, -0.05) is 6.07 Å². The first-order chi connectivity index (χ1) is 16.0. The Morgan fingerprint density at radius 2 is 1.36 bits per heavy atom. The third-order valence-electron chi connectivity index (χ3n) is 4.28. The van der Waals surface area contributed by atoms with Crippen molar-refractivity contribution in [2.24, 2.45) is 0 Å². The van der Waals surface area contributed by atoms with E-state index in [1.807, 2.05) is 0 Å². The van der Waals surface area contributed by atoms with Crippen LogP contribution in [-0.4, -0.2) is 88.2 Å². The number of hydrogen-bond acceptors (Lipinski definition) is 8. The smallest absolute Gasteiger partial charge is 0.305 e. The van der Waals surface area contributed by atoms with Crippen LogP contribution in [0.5, 0.6) is 0 Å². The fraction of sp³-hybridized carbons (Fsp3) is 0.455. The van der Waals surface area contributed by atoms with Crippen molar-refractivity contribution in [1.82, 2.24) is 5.32 Å². The van der Waals surface area contributed by atoms with E-state index in [2.05, 4.69) is 5.32 Å². The van der Waals surface area contributed by atoms with Gasteiger partial charge in [-0.2, -0.15) is 0 Å². The molecule has 0 saturated carbocycles. The summed E-state index contributed by atoms with van der Waals surface area (Å²) in [6.45, 7) is 2.96. The van der Waals surface area contributed by atoms with Gasteiger partial charge in [0.05, 0.1) is 65.0 Å². The lowest BCUT2D eigenvalue weighted by Gasteiger charge is -2.14. The summed E-state index contributed by atoms with van der Waals surface area (Å²) in [5.41, 5.74) is 0.668. The Kier molecular flexibility index (Phi) is 11.8. The molecule has 1 aliphatic rings. The van der Waals surface area contributed by atoms with Gasteiger partial charge in [0.2, 0.25) is 0 Å². The highest BCUT2D eigenvalue weighted by Crippen LogP contribution is 2.20. The van der Waals surface area contributed by atoms with Gasteiger partial charge < -0.3 is 29.4 Å². The van der Waals surface area contributed by atoms with Crippen molar-refractivity contribution in [1.29, 1.82) is 0 Å². The molecule has 1 heterocycles. The molecular formula is C22H28N2O9. The maximum atomic E-state index is 12.3. The second-order valence-electron chi connectivity index (χ2n) is 6.74. The number of benzene rings is 1. The Morgan fingerprint density at radius 3 is 1.94 bits per heavy atom. The maximum absolute atomic E-state index is 12.3. The number of amides is 3. The first kappa shape index (κ1) is 26.1. The number of aliphatic carboxylic acids is 1. The minimum absolute atomic E-state index is 0.0268. The van der Waals surface area contributed by atoms with Crippen molar-refractivity contribution in [2.45, 2.75) is 6.42 Å². The number of ether oxygens (including phenoxy) is 4. The van der Waals surface area contributed by atoms with Crippen LogP contribution in [0.3, 0.4) is 0 Å². The zero-order valence-electron chi connectivity index (χ0n) is 18.2. The maximum Gasteiger partial charge on any atom is 0.305 e. The number of imide groups is 1. The third kappa shape index (κ3) is 9.91. The molecular weight excluding hydrogens is 436 g/mol. The van der Waals surface area contributed by atoms with Crippen LogP contribution in [0.25, 0.3) is 0 Å². The van der Waals surface area contributed by atoms with E-state index >= 15 is 0 Å². The quantitative estimate of drug-likeness (QED) is 0.247. The number of nitrogens with one attached hydrogen (secondary N) is 1. The fourth-order valence-electron chi connectivity index (χ4n) is 2.70. The van der Waals surface area contributed by atoms with Gasteiger partial charge in [0.25, 0.3) is 17.7 Å². The lowest BCUT2D eigenvalue weighted by atomic mass is 10.1. The molecule has 0 fully saturated rings. The van der Waals surface area contributed by atoms with Gasteiger partial charge in [0, 0.05) is 24.3 Å². The predicted molar refractivity (Wildman–Crippen MR) is 116 cm³/mol. The molecule has 11 heteroatoms. The van der Waals surface area contributed by atoms with Crippen LogP contribution in [0.1, 0.15) is 16.8 Å². The van der Waals surface area contributed by atoms with Gasteiger partial charge in [-0.3, -0.25) is 19.2 Å². The van der Waals surface area contributed by atoms with E-state index in [0.29, 0.717) is 57.5 Å². The first-order valence-corrected chi connectivity index (χ1v) is 10.5. The molecule has 0 unspecified atom stereocenters. The highest BCUT2D eigenvalue weighted by atomic mass is 16.6. The van der Waals surface area contributed by atoms with Gasteiger partial charge in [-0.05, 0) is 18.2 Å². The minimum atomic E-state index is -0.896. The van der Waals surface area contributed by atoms with Crippen molar-refractivity contribution in [3.05, 3.63) is 42.0 Å². The van der Waals surface area contributed by atoms with Crippen molar-refractivity contribution in [2.75, 3.05) is 64.3 Å². The summed E-state index contributed by atoms with van der Waals surface area (Å²) in [7, 11) is 0. The zero-order valence-corrected chi connectivity index (χ0v) is 18.2. The molecule has 0 atom stereocenters. The van der Waals surface area contributed by atoms with Crippen LogP contribution < -0.4 is 10.2 Å². The Balaban J connectivity index is 1.47. The topological polar surface area (TPSA) is 141 Å². The summed E-state index contributed by atoms with van der Waals surface area (Å²) in [6, 6.07) is 6.27. The third-order valence-corrected chi connectivity index (χ3v) is 4.28. The van der Waals surface area contributed by atoms with E-state index in [9.17, 15) is 19.2 Å². The van der Waals surface area contributed by atoms with E-state index in [1.165, 1.54) is 18.2 Å². The van der Waals surface area contributed by atoms with Crippen LogP contribution in [0, 0.1) is 0 Å². The molecule has 3 amide bonds. The molecule has 0 aliphatic carbocycles. The van der Waals surface area contributed by atoms with Crippen LogP contribution in [0.15, 0.2) is 36.4 Å². The second-order valence-corrected chi connectivity index (χ2v) is 6.74. The molecule has 1 aliphatic heterocycles. The van der Waals surface area contributed by atoms with Crippen LogP contribution in [-0.2, 0) is 33.3 Å². The average Bonchev–Trinajstić information content (AvgIpc) is 3.14. The lowest BCUT2D eigenvalue weighted by molar-refractivity contribution is -0.138. The number of carboxylic acid groups (broad SMARTS) is 1. The van der Waals surface area contributed by atoms with Gasteiger partial charge in [0.1, 0.15) is 0 Å². The van der Waals surface area contributed by atoms with Gasteiger partial charge in [-0.25, -0.2) is 4.90 Å². The van der Waals surface area contributed by atoms with E-state index < -0.39 is 17.8 Å². The van der Waals surface area contributed by atoms with Gasteiger partial charge in [0.15, 0.2) is 0 Å². The number of hydrogen-bond donors (Lipinski definition) is 2. The summed E-state index contributed by atoms with van der Waals surface area (Å²) in [4.78, 5) is 47.1. The largest absolute Gasteiger partial charge is 0.481 e. The molecule has 0 radical (unpaired) electrons. The van der Waals surface area contributed by atoms with Crippen LogP contribution in [0.2, 0.25) is 0 Å². The zero-order chi connectivity index (χ0) is 23.9. The molecule has 0 spiro atoms. The molecule has 1 aromatic rings. The number of rotatable bonds is 17. The van der Waals surface area contributed by atoms with Gasteiger partial charge >= 0.3 is 5.97 Å². The van der Waals surface area contributed by atoms with E-state index in [1.54, 1.807) is 18.2 Å². The molecule has 2 rings (SSSR count). The Bertz CT molecular complexity index is 823. The number of carbonyl (C=O) groups is 4. The van der Waals surface area contributed by atoms with E-state index in [0.717, 1.165) is 4.90 Å². The Hall–Kier alpha value is -3.12. The number of carboxylic acids is 1. The highest BCUT2D eigenvalue weighted by Gasteiger charge is 2.25. The van der Waals surface area contributed by atoms with E-state index in [-0.39, 0.29) is 25.5 Å². The number of anilines is 1. The van der Waals surface area contributed by atoms with Gasteiger partial charge in [-0.15, -0.1) is 0 Å². The Morgan fingerprint density at radius 1 is 0.818 bits per heavy atom. The molecule has 1 aromatic carbocycles. The summed E-state index contributed by atoms with van der Waals surface area (Å²) in [5, 5.41) is 11.2. The van der Waals surface area contributed by atoms with Crippen molar-refractivity contribution in [3.63, 3.8) is 0 Å². The summed E-state index contributed by atoms with van der Waals surface area (Å²) in [5.74, 6) is -2.12. The standard InChI is InChI=1S/C22H28N2O9/c25-19-4-5-20(26)24(19)18-3-1-2-17(16-18)22(29)23-7-9-31-11-13-33-15-14-32-12-10-30-8-6-21(27)28/h1-5,16H,6-15H2,(H,23,29)(H,27,28). The Labute approximate surface area is 191 Å². The minimum Gasteiger partial charge on any atom is -0.481 e. The van der Waals surface area contributed by atoms with Crippen molar-refractivity contribution < 1.29 is 43.2 Å². The monoisotopic (exact) mass is 464 g/mol. The molecule has 0 bridgehead atoms. The molecule has 11 nitrogen and oxygen atoms in total. The van der Waals surface area contributed by atoms with Crippen molar-refractivity contribution in [3.8, 4) is 0 Å². The molecule has 180 valence electrons. The molecule has 33 heavy (non-hydrogen) atoms. The SMILES string of the molecule is O=C(O)CCOCCOCCOCCOCCNC(=O)c1cccc(N2C(=O)C=CC2=O)c1. The molecule has 0 saturated heterocycles. The number of nitrogens with zero attached hydrogens (tertiary/aromatic N) is 1. The predicted octanol–water partition coefficient (Wildman–Crippen LogP) is 0.387. The van der Waals surface area contributed by atoms with E-state index in [4.69, 9.17) is 24.1 Å². The fourth-order valence-corrected chi connectivity index (χ4v) is 2.70.